The molecule has 98 valence electrons. The van der Waals surface area contributed by atoms with Crippen molar-refractivity contribution in [1.82, 2.24) is 0 Å². The van der Waals surface area contributed by atoms with Gasteiger partial charge in [0.1, 0.15) is 0 Å². The molecule has 2 nitrogen and oxygen atoms in total. The topological polar surface area (TPSA) is 46.2 Å². The van der Waals surface area contributed by atoms with Gasteiger partial charge in [-0.15, -0.1) is 0 Å². The van der Waals surface area contributed by atoms with Gasteiger partial charge in [0.2, 0.25) is 0 Å². The number of aliphatic hydroxyl groups excluding tert-OH is 1. The van der Waals surface area contributed by atoms with Crippen molar-refractivity contribution in [2.75, 3.05) is 6.54 Å². The second-order valence-electron chi connectivity index (χ2n) is 7.32. The molecule has 4 fully saturated rings. The van der Waals surface area contributed by atoms with E-state index in [9.17, 15) is 5.11 Å². The number of hydrogen-bond acceptors (Lipinski definition) is 2. The molecule has 0 aromatic rings. The minimum Gasteiger partial charge on any atom is -0.391 e. The van der Waals surface area contributed by atoms with Crippen molar-refractivity contribution in [3.8, 4) is 0 Å². The van der Waals surface area contributed by atoms with Crippen LogP contribution in [0.25, 0.3) is 0 Å². The van der Waals surface area contributed by atoms with Crippen molar-refractivity contribution in [2.45, 2.75) is 64.4 Å². The van der Waals surface area contributed by atoms with Crippen LogP contribution in [0.1, 0.15) is 58.3 Å². The van der Waals surface area contributed by atoms with Gasteiger partial charge in [0.05, 0.1) is 6.10 Å². The largest absolute Gasteiger partial charge is 0.391 e. The summed E-state index contributed by atoms with van der Waals surface area (Å²) in [4.78, 5) is 0. The Morgan fingerprint density at radius 1 is 1.24 bits per heavy atom. The number of hydrogen-bond donors (Lipinski definition) is 2. The van der Waals surface area contributed by atoms with E-state index in [1.807, 2.05) is 0 Å². The maximum absolute atomic E-state index is 10.4. The molecule has 3 N–H and O–H groups in total. The third-order valence-electron chi connectivity index (χ3n) is 5.94. The Morgan fingerprint density at radius 2 is 1.88 bits per heavy atom. The Labute approximate surface area is 105 Å². The van der Waals surface area contributed by atoms with E-state index in [1.54, 1.807) is 0 Å². The van der Waals surface area contributed by atoms with Crippen molar-refractivity contribution in [3.63, 3.8) is 0 Å². The van der Waals surface area contributed by atoms with Gasteiger partial charge in [-0.1, -0.05) is 13.3 Å². The molecule has 4 aliphatic carbocycles. The maximum atomic E-state index is 10.4. The summed E-state index contributed by atoms with van der Waals surface area (Å²) >= 11 is 0. The lowest BCUT2D eigenvalue weighted by atomic mass is 9.42. The van der Waals surface area contributed by atoms with Gasteiger partial charge in [0.15, 0.2) is 0 Å². The van der Waals surface area contributed by atoms with Gasteiger partial charge >= 0.3 is 0 Å². The van der Waals surface area contributed by atoms with E-state index in [4.69, 9.17) is 5.73 Å². The molecule has 4 bridgehead atoms. The van der Waals surface area contributed by atoms with Crippen LogP contribution >= 0.6 is 0 Å². The first-order chi connectivity index (χ1) is 8.11. The van der Waals surface area contributed by atoms with Crippen LogP contribution in [0.2, 0.25) is 0 Å². The molecule has 3 unspecified atom stereocenters. The molecule has 0 saturated heterocycles. The maximum Gasteiger partial charge on any atom is 0.0718 e. The van der Waals surface area contributed by atoms with E-state index in [2.05, 4.69) is 6.92 Å². The highest BCUT2D eigenvalue weighted by molar-refractivity contribution is 5.09. The molecular weight excluding hydrogens is 210 g/mol. The first-order valence-electron chi connectivity index (χ1n) is 7.49. The zero-order valence-electron chi connectivity index (χ0n) is 11.1. The zero-order chi connectivity index (χ0) is 12.1. The lowest BCUT2D eigenvalue weighted by Gasteiger charge is -2.63. The average molecular weight is 237 g/mol. The van der Waals surface area contributed by atoms with Crippen LogP contribution in [0, 0.1) is 22.7 Å². The predicted octanol–water partition coefficient (Wildman–Crippen LogP) is 2.69. The monoisotopic (exact) mass is 237 g/mol. The fourth-order valence-electron chi connectivity index (χ4n) is 5.99. The molecule has 17 heavy (non-hydrogen) atoms. The molecule has 2 heteroatoms. The Hall–Kier alpha value is -0.0800. The van der Waals surface area contributed by atoms with Crippen LogP contribution in [0.4, 0.5) is 0 Å². The molecule has 4 rings (SSSR count). The number of rotatable bonds is 4. The summed E-state index contributed by atoms with van der Waals surface area (Å²) in [7, 11) is 0. The number of nitrogens with two attached hydrogens (primary N) is 1. The van der Waals surface area contributed by atoms with Gasteiger partial charge in [-0.25, -0.2) is 0 Å². The smallest absolute Gasteiger partial charge is 0.0718 e. The van der Waals surface area contributed by atoms with Crippen LogP contribution in [0.3, 0.4) is 0 Å². The normalized spacial score (nSPS) is 49.6. The van der Waals surface area contributed by atoms with Crippen molar-refractivity contribution in [3.05, 3.63) is 0 Å². The molecule has 0 amide bonds. The van der Waals surface area contributed by atoms with Gasteiger partial charge in [-0.2, -0.15) is 0 Å². The van der Waals surface area contributed by atoms with E-state index in [-0.39, 0.29) is 11.5 Å². The standard InChI is InChI=1S/C15H27NO/c1-2-3-14-5-11-4-12(6-14)8-15(7-11,10-14)13(17)9-16/h11-13,17H,2-10,16H2,1H3. The number of aliphatic hydroxyl groups is 1. The molecule has 0 aliphatic heterocycles. The Bertz CT molecular complexity index is 287. The minimum atomic E-state index is -0.246. The molecular formula is C15H27NO. The van der Waals surface area contributed by atoms with Crippen LogP contribution < -0.4 is 5.73 Å². The highest BCUT2D eigenvalue weighted by atomic mass is 16.3. The van der Waals surface area contributed by atoms with Gasteiger partial charge in [-0.05, 0) is 67.6 Å². The van der Waals surface area contributed by atoms with E-state index >= 15 is 0 Å². The van der Waals surface area contributed by atoms with E-state index in [1.165, 1.54) is 51.4 Å². The second-order valence-corrected chi connectivity index (χ2v) is 7.32. The summed E-state index contributed by atoms with van der Waals surface area (Å²) in [5, 5.41) is 10.4. The fraction of sp³-hybridized carbons (Fsp3) is 1.00. The molecule has 0 aromatic carbocycles. The lowest BCUT2D eigenvalue weighted by molar-refractivity contribution is -0.158. The fourth-order valence-corrected chi connectivity index (χ4v) is 5.99. The summed E-state index contributed by atoms with van der Waals surface area (Å²) < 4.78 is 0. The van der Waals surface area contributed by atoms with Crippen LogP contribution in [-0.4, -0.2) is 17.8 Å². The molecule has 0 heterocycles. The zero-order valence-corrected chi connectivity index (χ0v) is 11.1. The summed E-state index contributed by atoms with van der Waals surface area (Å²) in [6, 6.07) is 0. The first-order valence-corrected chi connectivity index (χ1v) is 7.49. The Kier molecular flexibility index (Phi) is 2.79. The van der Waals surface area contributed by atoms with E-state index in [0.717, 1.165) is 11.8 Å². The molecule has 0 spiro atoms. The minimum absolute atomic E-state index is 0.202. The highest BCUT2D eigenvalue weighted by Crippen LogP contribution is 2.67. The highest BCUT2D eigenvalue weighted by Gasteiger charge is 2.59. The predicted molar refractivity (Wildman–Crippen MR) is 69.5 cm³/mol. The van der Waals surface area contributed by atoms with Crippen molar-refractivity contribution in [2.24, 2.45) is 28.4 Å². The Morgan fingerprint density at radius 3 is 2.41 bits per heavy atom. The van der Waals surface area contributed by atoms with Gasteiger partial charge in [-0.3, -0.25) is 0 Å². The summed E-state index contributed by atoms with van der Waals surface area (Å²) in [6.07, 6.45) is 10.5. The lowest BCUT2D eigenvalue weighted by Crippen LogP contribution is -2.57. The van der Waals surface area contributed by atoms with E-state index in [0.29, 0.717) is 12.0 Å². The van der Waals surface area contributed by atoms with E-state index < -0.39 is 0 Å². The molecule has 4 saturated carbocycles. The molecule has 0 aromatic heterocycles. The second kappa shape index (κ2) is 3.96. The summed E-state index contributed by atoms with van der Waals surface area (Å²) in [5.41, 5.74) is 6.54. The quantitative estimate of drug-likeness (QED) is 0.789. The van der Waals surface area contributed by atoms with Crippen LogP contribution in [0.5, 0.6) is 0 Å². The average Bonchev–Trinajstić information content (AvgIpc) is 2.25. The van der Waals surface area contributed by atoms with Gasteiger partial charge < -0.3 is 10.8 Å². The van der Waals surface area contributed by atoms with Crippen molar-refractivity contribution >= 4 is 0 Å². The van der Waals surface area contributed by atoms with Crippen molar-refractivity contribution < 1.29 is 5.11 Å². The van der Waals surface area contributed by atoms with Crippen molar-refractivity contribution in [1.29, 1.82) is 0 Å². The van der Waals surface area contributed by atoms with Crippen LogP contribution in [0.15, 0.2) is 0 Å². The third kappa shape index (κ3) is 1.76. The van der Waals surface area contributed by atoms with Gasteiger partial charge in [0.25, 0.3) is 0 Å². The molecule has 0 radical (unpaired) electrons. The molecule has 3 atom stereocenters. The van der Waals surface area contributed by atoms with Crippen LogP contribution in [-0.2, 0) is 0 Å². The third-order valence-corrected chi connectivity index (χ3v) is 5.94. The van der Waals surface area contributed by atoms with Gasteiger partial charge in [0, 0.05) is 6.54 Å². The summed E-state index contributed by atoms with van der Waals surface area (Å²) in [6.45, 7) is 2.77. The Balaban J connectivity index is 1.89. The molecule has 4 aliphatic rings. The SMILES string of the molecule is CCCC12CC3CC(C1)CC(C(O)CN)(C3)C2. The first kappa shape index (κ1) is 12.0. The summed E-state index contributed by atoms with van der Waals surface area (Å²) in [5.74, 6) is 1.79.